The van der Waals surface area contributed by atoms with Crippen molar-refractivity contribution in [1.82, 2.24) is 4.90 Å². The first-order valence-corrected chi connectivity index (χ1v) is 8.39. The number of halogens is 2. The number of carbonyl (C=O) groups is 1. The normalized spacial score (nSPS) is 19.9. The van der Waals surface area contributed by atoms with Gasteiger partial charge in [-0.25, -0.2) is 0 Å². The predicted octanol–water partition coefficient (Wildman–Crippen LogP) is 3.58. The first-order valence-electron chi connectivity index (χ1n) is 8.39. The van der Waals surface area contributed by atoms with Gasteiger partial charge in [0.2, 0.25) is 0 Å². The monoisotopic (exact) mass is 375 g/mol. The van der Waals surface area contributed by atoms with Crippen molar-refractivity contribution in [3.05, 3.63) is 29.8 Å². The van der Waals surface area contributed by atoms with Crippen LogP contribution in [0, 0.1) is 5.92 Å². The molecule has 0 radical (unpaired) electrons. The predicted molar refractivity (Wildman–Crippen MR) is 107 cm³/mol. The van der Waals surface area contributed by atoms with E-state index in [-0.39, 0.29) is 36.8 Å². The van der Waals surface area contributed by atoms with E-state index in [1.807, 2.05) is 29.2 Å². The Morgan fingerprint density at radius 3 is 2.46 bits per heavy atom. The molecule has 1 amide bonds. The molecular weight excluding hydrogens is 345 g/mol. The number of nitrogens with zero attached hydrogens (tertiary/aromatic N) is 2. The van der Waals surface area contributed by atoms with Crippen molar-refractivity contribution in [3.8, 4) is 0 Å². The second-order valence-corrected chi connectivity index (χ2v) is 6.49. The molecule has 0 aliphatic carbocycles. The molecule has 2 atom stereocenters. The molecule has 1 saturated heterocycles. The molecule has 2 unspecified atom stereocenters. The summed E-state index contributed by atoms with van der Waals surface area (Å²) in [4.78, 5) is 16.9. The van der Waals surface area contributed by atoms with Gasteiger partial charge in [-0.15, -0.1) is 24.8 Å². The van der Waals surface area contributed by atoms with Crippen LogP contribution in [0.25, 0.3) is 0 Å². The zero-order valence-corrected chi connectivity index (χ0v) is 16.5. The summed E-state index contributed by atoms with van der Waals surface area (Å²) in [5, 5.41) is 0. The summed E-state index contributed by atoms with van der Waals surface area (Å²) in [7, 11) is 2.08. The van der Waals surface area contributed by atoms with E-state index in [0.717, 1.165) is 43.6 Å². The number of piperidine rings is 1. The Bertz CT molecular complexity index is 496. The summed E-state index contributed by atoms with van der Waals surface area (Å²) in [6.45, 7) is 6.79. The van der Waals surface area contributed by atoms with Crippen molar-refractivity contribution in [2.24, 2.45) is 11.7 Å². The van der Waals surface area contributed by atoms with Gasteiger partial charge >= 0.3 is 0 Å². The third-order valence-corrected chi connectivity index (χ3v) is 4.63. The van der Waals surface area contributed by atoms with Gasteiger partial charge in [0.05, 0.1) is 0 Å². The van der Waals surface area contributed by atoms with Crippen LogP contribution in [0.3, 0.4) is 0 Å². The lowest BCUT2D eigenvalue weighted by Crippen LogP contribution is -2.49. The Hall–Kier alpha value is -0.970. The molecule has 4 nitrogen and oxygen atoms in total. The summed E-state index contributed by atoms with van der Waals surface area (Å²) in [6, 6.07) is 8.13. The van der Waals surface area contributed by atoms with E-state index in [2.05, 4.69) is 25.8 Å². The highest BCUT2D eigenvalue weighted by Crippen LogP contribution is 2.24. The molecule has 6 heteroatoms. The van der Waals surface area contributed by atoms with E-state index in [1.54, 1.807) is 0 Å². The number of nitrogens with two attached hydrogens (primary N) is 1. The summed E-state index contributed by atoms with van der Waals surface area (Å²) < 4.78 is 0. The zero-order valence-electron chi connectivity index (χ0n) is 14.9. The standard InChI is InChI=1S/C18H29N3O.2ClH/c1-4-10-20(3)16-7-5-15(6-8-16)18(22)21-11-9-14(2)12-17(21)13-19;;/h5-8,14,17H,4,9-13,19H2,1-3H3;2*1H. The van der Waals surface area contributed by atoms with E-state index in [1.165, 1.54) is 0 Å². The summed E-state index contributed by atoms with van der Waals surface area (Å²) in [5.74, 6) is 0.773. The van der Waals surface area contributed by atoms with Crippen molar-refractivity contribution in [3.63, 3.8) is 0 Å². The minimum absolute atomic E-state index is 0. The van der Waals surface area contributed by atoms with Crippen LogP contribution in [0.5, 0.6) is 0 Å². The number of hydrogen-bond donors (Lipinski definition) is 1. The molecule has 0 bridgehead atoms. The van der Waals surface area contributed by atoms with Gasteiger partial charge in [0.15, 0.2) is 0 Å². The van der Waals surface area contributed by atoms with E-state index in [0.29, 0.717) is 12.5 Å². The van der Waals surface area contributed by atoms with Crippen molar-refractivity contribution in [2.45, 2.75) is 39.2 Å². The lowest BCUT2D eigenvalue weighted by Gasteiger charge is -2.38. The smallest absolute Gasteiger partial charge is 0.254 e. The summed E-state index contributed by atoms with van der Waals surface area (Å²) in [5.41, 5.74) is 7.79. The Morgan fingerprint density at radius 1 is 1.29 bits per heavy atom. The maximum atomic E-state index is 12.7. The Balaban J connectivity index is 0.00000264. The van der Waals surface area contributed by atoms with Gasteiger partial charge < -0.3 is 15.5 Å². The molecule has 24 heavy (non-hydrogen) atoms. The van der Waals surface area contributed by atoms with Crippen molar-refractivity contribution >= 4 is 36.4 Å². The van der Waals surface area contributed by atoms with Crippen molar-refractivity contribution in [1.29, 1.82) is 0 Å². The van der Waals surface area contributed by atoms with Crippen LogP contribution in [-0.4, -0.2) is 43.5 Å². The molecule has 0 saturated carbocycles. The first-order chi connectivity index (χ1) is 10.6. The van der Waals surface area contributed by atoms with Crippen molar-refractivity contribution < 1.29 is 4.79 Å². The van der Waals surface area contributed by atoms with Crippen LogP contribution in [0.15, 0.2) is 24.3 Å². The number of hydrogen-bond acceptors (Lipinski definition) is 3. The number of amides is 1. The Labute approximate surface area is 158 Å². The van der Waals surface area contributed by atoms with Gasteiger partial charge in [0, 0.05) is 44.0 Å². The average molecular weight is 376 g/mol. The van der Waals surface area contributed by atoms with Crippen LogP contribution in [0.1, 0.15) is 43.5 Å². The molecule has 1 heterocycles. The quantitative estimate of drug-likeness (QED) is 0.855. The SMILES string of the molecule is CCCN(C)c1ccc(C(=O)N2CCC(C)CC2CN)cc1.Cl.Cl. The fraction of sp³-hybridized carbons (Fsp3) is 0.611. The second-order valence-electron chi connectivity index (χ2n) is 6.49. The summed E-state index contributed by atoms with van der Waals surface area (Å²) >= 11 is 0. The molecule has 0 spiro atoms. The van der Waals surface area contributed by atoms with Gasteiger partial charge in [-0.2, -0.15) is 0 Å². The van der Waals surface area contributed by atoms with E-state index < -0.39 is 0 Å². The maximum Gasteiger partial charge on any atom is 0.254 e. The van der Waals surface area contributed by atoms with Gasteiger partial charge in [-0.1, -0.05) is 13.8 Å². The van der Waals surface area contributed by atoms with Gasteiger partial charge in [-0.3, -0.25) is 4.79 Å². The fourth-order valence-corrected chi connectivity index (χ4v) is 3.23. The maximum absolute atomic E-state index is 12.7. The van der Waals surface area contributed by atoms with Gasteiger partial charge in [0.25, 0.3) is 5.91 Å². The fourth-order valence-electron chi connectivity index (χ4n) is 3.23. The van der Waals surface area contributed by atoms with E-state index in [9.17, 15) is 4.79 Å². The van der Waals surface area contributed by atoms with Crippen LogP contribution < -0.4 is 10.6 Å². The van der Waals surface area contributed by atoms with E-state index >= 15 is 0 Å². The van der Waals surface area contributed by atoms with Crippen molar-refractivity contribution in [2.75, 3.05) is 31.6 Å². The van der Waals surface area contributed by atoms with Gasteiger partial charge in [0.1, 0.15) is 0 Å². The molecule has 138 valence electrons. The lowest BCUT2D eigenvalue weighted by atomic mass is 9.92. The van der Waals surface area contributed by atoms with Gasteiger partial charge in [-0.05, 0) is 49.4 Å². The number of carbonyl (C=O) groups excluding carboxylic acids is 1. The number of benzene rings is 1. The molecule has 1 fully saturated rings. The lowest BCUT2D eigenvalue weighted by molar-refractivity contribution is 0.0573. The first kappa shape index (κ1) is 23.0. The zero-order chi connectivity index (χ0) is 16.1. The van der Waals surface area contributed by atoms with Crippen LogP contribution >= 0.6 is 24.8 Å². The molecule has 2 N–H and O–H groups in total. The topological polar surface area (TPSA) is 49.6 Å². The average Bonchev–Trinajstić information content (AvgIpc) is 2.54. The Morgan fingerprint density at radius 2 is 1.92 bits per heavy atom. The molecule has 1 aliphatic heterocycles. The highest BCUT2D eigenvalue weighted by molar-refractivity contribution is 5.94. The number of rotatable bonds is 5. The minimum Gasteiger partial charge on any atom is -0.375 e. The molecule has 1 aliphatic rings. The molecular formula is C18H31Cl2N3O. The van der Waals surface area contributed by atoms with E-state index in [4.69, 9.17) is 5.73 Å². The molecule has 1 aromatic rings. The second kappa shape index (κ2) is 10.8. The largest absolute Gasteiger partial charge is 0.375 e. The number of likely N-dealkylation sites (tertiary alicyclic amines) is 1. The van der Waals surface area contributed by atoms with Crippen LogP contribution in [0.4, 0.5) is 5.69 Å². The van der Waals surface area contributed by atoms with Crippen LogP contribution in [0.2, 0.25) is 0 Å². The van der Waals surface area contributed by atoms with Crippen LogP contribution in [-0.2, 0) is 0 Å². The third kappa shape index (κ3) is 5.54. The highest BCUT2D eigenvalue weighted by atomic mass is 35.5. The number of anilines is 1. The third-order valence-electron chi connectivity index (χ3n) is 4.63. The molecule has 0 aromatic heterocycles. The Kier molecular flexibility index (Phi) is 10.4. The molecule has 2 rings (SSSR count). The minimum atomic E-state index is 0. The highest BCUT2D eigenvalue weighted by Gasteiger charge is 2.29. The molecule has 1 aromatic carbocycles. The summed E-state index contributed by atoms with van der Waals surface area (Å²) in [6.07, 6.45) is 3.19.